The molecule has 0 radical (unpaired) electrons. The largest absolute Gasteiger partial charge is 0.433 e. The molecule has 136 valence electrons. The molecule has 1 aromatic carbocycles. The molecule has 3 rings (SSSR count). The first-order chi connectivity index (χ1) is 12.4. The van der Waals surface area contributed by atoms with E-state index in [-0.39, 0.29) is 0 Å². The zero-order valence-electron chi connectivity index (χ0n) is 14.0. The van der Waals surface area contributed by atoms with Crippen LogP contribution in [0.15, 0.2) is 53.9 Å². The number of nitrogens with zero attached hydrogens (tertiary/aromatic N) is 3. The predicted octanol–water partition coefficient (Wildman–Crippen LogP) is 4.47. The van der Waals surface area contributed by atoms with Crippen LogP contribution in [0.1, 0.15) is 5.69 Å². The lowest BCUT2D eigenvalue weighted by atomic mass is 10.1. The molecular weight excluding hydrogens is 363 g/mol. The quantitative estimate of drug-likeness (QED) is 0.641. The molecule has 0 saturated heterocycles. The van der Waals surface area contributed by atoms with Crippen molar-refractivity contribution in [3.05, 3.63) is 54.7 Å². The number of hydrogen-bond donors (Lipinski definition) is 2. The molecule has 2 N–H and O–H groups in total. The SMILES string of the molecule is CNSc1ccc(Nc2ccc(C(F)(F)F)nc2)c(-c2cn(C)cn2)c1. The molecule has 2 aromatic heterocycles. The van der Waals surface area contributed by atoms with Crippen LogP contribution in [0, 0.1) is 0 Å². The van der Waals surface area contributed by atoms with Gasteiger partial charge in [-0.25, -0.2) is 9.97 Å². The monoisotopic (exact) mass is 379 g/mol. The second-order valence-electron chi connectivity index (χ2n) is 5.49. The minimum atomic E-state index is -4.45. The van der Waals surface area contributed by atoms with Crippen molar-refractivity contribution < 1.29 is 13.2 Å². The van der Waals surface area contributed by atoms with Crippen molar-refractivity contribution in [3.63, 3.8) is 0 Å². The third-order valence-electron chi connectivity index (χ3n) is 3.52. The van der Waals surface area contributed by atoms with Gasteiger partial charge in [-0.15, -0.1) is 0 Å². The van der Waals surface area contributed by atoms with Crippen molar-refractivity contribution in [3.8, 4) is 11.3 Å². The number of nitrogens with one attached hydrogen (secondary N) is 2. The van der Waals surface area contributed by atoms with Gasteiger partial charge in [-0.3, -0.25) is 4.72 Å². The lowest BCUT2D eigenvalue weighted by Gasteiger charge is -2.13. The van der Waals surface area contributed by atoms with Gasteiger partial charge in [0.1, 0.15) is 5.69 Å². The number of benzene rings is 1. The Kier molecular flexibility index (Phi) is 5.19. The molecule has 0 fully saturated rings. The Morgan fingerprint density at radius 1 is 1.12 bits per heavy atom. The van der Waals surface area contributed by atoms with E-state index in [4.69, 9.17) is 0 Å². The van der Waals surface area contributed by atoms with E-state index >= 15 is 0 Å². The molecule has 0 aliphatic heterocycles. The van der Waals surface area contributed by atoms with Crippen LogP contribution in [0.5, 0.6) is 0 Å². The number of aryl methyl sites for hydroxylation is 1. The minimum absolute atomic E-state index is 0.462. The van der Waals surface area contributed by atoms with E-state index in [0.717, 1.165) is 27.9 Å². The molecule has 9 heteroatoms. The smallest absolute Gasteiger partial charge is 0.354 e. The van der Waals surface area contributed by atoms with Crippen LogP contribution in [-0.4, -0.2) is 21.6 Å². The number of halogens is 3. The Morgan fingerprint density at radius 3 is 2.50 bits per heavy atom. The molecule has 0 atom stereocenters. The number of imidazole rings is 1. The third-order valence-corrected chi connectivity index (χ3v) is 4.22. The van der Waals surface area contributed by atoms with E-state index < -0.39 is 11.9 Å². The molecule has 0 spiro atoms. The summed E-state index contributed by atoms with van der Waals surface area (Å²) < 4.78 is 42.8. The molecule has 0 unspecified atom stereocenters. The second-order valence-corrected chi connectivity index (χ2v) is 6.58. The summed E-state index contributed by atoms with van der Waals surface area (Å²) in [6.07, 6.45) is 0.279. The standard InChI is InChI=1S/C17H16F3N5S/c1-21-26-12-4-5-14(13(7-12)15-9-25(2)10-23-15)24-11-3-6-16(22-8-11)17(18,19)20/h3-10,21,24H,1-2H3. The van der Waals surface area contributed by atoms with Crippen molar-refractivity contribution in [1.29, 1.82) is 0 Å². The van der Waals surface area contributed by atoms with Gasteiger partial charge >= 0.3 is 6.18 Å². The van der Waals surface area contributed by atoms with E-state index in [1.807, 2.05) is 43.1 Å². The van der Waals surface area contributed by atoms with Crippen LogP contribution in [-0.2, 0) is 13.2 Å². The summed E-state index contributed by atoms with van der Waals surface area (Å²) in [5, 5.41) is 3.12. The van der Waals surface area contributed by atoms with Crippen molar-refractivity contribution in [2.45, 2.75) is 11.1 Å². The fraction of sp³-hybridized carbons (Fsp3) is 0.176. The highest BCUT2D eigenvalue weighted by Crippen LogP contribution is 2.33. The summed E-state index contributed by atoms with van der Waals surface area (Å²) in [4.78, 5) is 8.83. The first-order valence-electron chi connectivity index (χ1n) is 7.63. The maximum absolute atomic E-state index is 12.6. The van der Waals surface area contributed by atoms with E-state index in [0.29, 0.717) is 5.69 Å². The molecule has 26 heavy (non-hydrogen) atoms. The van der Waals surface area contributed by atoms with Crippen LogP contribution in [0.4, 0.5) is 24.5 Å². The van der Waals surface area contributed by atoms with Gasteiger partial charge < -0.3 is 9.88 Å². The molecule has 0 aliphatic carbocycles. The summed E-state index contributed by atoms with van der Waals surface area (Å²) in [6.45, 7) is 0. The predicted molar refractivity (Wildman–Crippen MR) is 96.1 cm³/mol. The van der Waals surface area contributed by atoms with Crippen LogP contribution in [0.3, 0.4) is 0 Å². The van der Waals surface area contributed by atoms with Gasteiger partial charge in [-0.1, -0.05) is 0 Å². The lowest BCUT2D eigenvalue weighted by Crippen LogP contribution is -2.07. The zero-order chi connectivity index (χ0) is 18.7. The third kappa shape index (κ3) is 4.17. The van der Waals surface area contributed by atoms with Crippen LogP contribution in [0.2, 0.25) is 0 Å². The maximum atomic E-state index is 12.6. The Morgan fingerprint density at radius 2 is 1.92 bits per heavy atom. The molecule has 3 aromatic rings. The number of alkyl halides is 3. The van der Waals surface area contributed by atoms with E-state index in [9.17, 15) is 13.2 Å². The van der Waals surface area contributed by atoms with E-state index in [2.05, 4.69) is 20.0 Å². The molecule has 0 aliphatic rings. The van der Waals surface area contributed by atoms with E-state index in [1.165, 1.54) is 24.2 Å². The fourth-order valence-electron chi connectivity index (χ4n) is 2.37. The first-order valence-corrected chi connectivity index (χ1v) is 8.44. The lowest BCUT2D eigenvalue weighted by molar-refractivity contribution is -0.141. The maximum Gasteiger partial charge on any atom is 0.433 e. The van der Waals surface area contributed by atoms with Crippen LogP contribution < -0.4 is 10.0 Å². The summed E-state index contributed by atoms with van der Waals surface area (Å²) in [5.41, 5.74) is 1.86. The molecule has 0 saturated carbocycles. The number of pyridine rings is 1. The zero-order valence-corrected chi connectivity index (χ0v) is 14.8. The van der Waals surface area contributed by atoms with Gasteiger partial charge in [-0.05, 0) is 49.3 Å². The van der Waals surface area contributed by atoms with Gasteiger partial charge in [0.2, 0.25) is 0 Å². The van der Waals surface area contributed by atoms with Crippen molar-refractivity contribution >= 4 is 23.3 Å². The fourth-order valence-corrected chi connectivity index (χ4v) is 2.92. The molecular formula is C17H16F3N5S. The van der Waals surface area contributed by atoms with Gasteiger partial charge in [-0.2, -0.15) is 13.2 Å². The van der Waals surface area contributed by atoms with Gasteiger partial charge in [0.15, 0.2) is 0 Å². The minimum Gasteiger partial charge on any atom is -0.354 e. The molecule has 0 amide bonds. The normalized spacial score (nSPS) is 11.6. The number of hydrogen-bond acceptors (Lipinski definition) is 5. The number of rotatable bonds is 5. The average Bonchev–Trinajstić information content (AvgIpc) is 3.02. The summed E-state index contributed by atoms with van der Waals surface area (Å²) in [7, 11) is 3.70. The average molecular weight is 379 g/mol. The van der Waals surface area contributed by atoms with Crippen LogP contribution >= 0.6 is 11.9 Å². The van der Waals surface area contributed by atoms with Gasteiger partial charge in [0, 0.05) is 29.4 Å². The Balaban J connectivity index is 1.94. The van der Waals surface area contributed by atoms with Crippen LogP contribution in [0.25, 0.3) is 11.3 Å². The highest BCUT2D eigenvalue weighted by atomic mass is 32.2. The van der Waals surface area contributed by atoms with Crippen molar-refractivity contribution in [2.24, 2.45) is 7.05 Å². The Hall–Kier alpha value is -2.52. The number of aromatic nitrogens is 3. The van der Waals surface area contributed by atoms with Gasteiger partial charge in [0.05, 0.1) is 23.9 Å². The molecule has 5 nitrogen and oxygen atoms in total. The van der Waals surface area contributed by atoms with Gasteiger partial charge in [0.25, 0.3) is 0 Å². The molecule has 0 bridgehead atoms. The Labute approximate surface area is 152 Å². The number of anilines is 2. The second kappa shape index (κ2) is 7.38. The highest BCUT2D eigenvalue weighted by molar-refractivity contribution is 7.97. The topological polar surface area (TPSA) is 54.8 Å². The van der Waals surface area contributed by atoms with Crippen molar-refractivity contribution in [1.82, 2.24) is 19.3 Å². The summed E-state index contributed by atoms with van der Waals surface area (Å²) >= 11 is 1.46. The molecule has 2 heterocycles. The first kappa shape index (κ1) is 18.3. The summed E-state index contributed by atoms with van der Waals surface area (Å²) in [6, 6.07) is 8.04. The Bertz CT molecular complexity index is 890. The van der Waals surface area contributed by atoms with Crippen molar-refractivity contribution in [2.75, 3.05) is 12.4 Å². The van der Waals surface area contributed by atoms with E-state index in [1.54, 1.807) is 6.33 Å². The summed E-state index contributed by atoms with van der Waals surface area (Å²) in [5.74, 6) is 0. The highest BCUT2D eigenvalue weighted by Gasteiger charge is 2.32.